The Bertz CT molecular complexity index is 497. The number of methoxy groups -OCH3 is 1. The first-order valence-corrected chi connectivity index (χ1v) is 6.62. The SMILES string of the molecule is COc1nccc(N(C)C)c1NCc1ccsc1. The Hall–Kier alpha value is -1.75. The van der Waals surface area contributed by atoms with Gasteiger partial charge < -0.3 is 15.0 Å². The quantitative estimate of drug-likeness (QED) is 0.900. The first kappa shape index (κ1) is 12.7. The van der Waals surface area contributed by atoms with Gasteiger partial charge in [-0.1, -0.05) is 0 Å². The van der Waals surface area contributed by atoms with Crippen molar-refractivity contribution in [3.8, 4) is 5.88 Å². The molecule has 96 valence electrons. The van der Waals surface area contributed by atoms with E-state index in [0.717, 1.165) is 17.9 Å². The largest absolute Gasteiger partial charge is 0.479 e. The lowest BCUT2D eigenvalue weighted by molar-refractivity contribution is 0.400. The van der Waals surface area contributed by atoms with Gasteiger partial charge in [-0.2, -0.15) is 11.3 Å². The predicted molar refractivity (Wildman–Crippen MR) is 76.8 cm³/mol. The molecule has 0 saturated carbocycles. The molecule has 0 aliphatic carbocycles. The molecule has 4 nitrogen and oxygen atoms in total. The monoisotopic (exact) mass is 263 g/mol. The van der Waals surface area contributed by atoms with Gasteiger partial charge in [0, 0.05) is 26.8 Å². The van der Waals surface area contributed by atoms with Crippen LogP contribution in [0.25, 0.3) is 0 Å². The summed E-state index contributed by atoms with van der Waals surface area (Å²) in [5.41, 5.74) is 3.25. The lowest BCUT2D eigenvalue weighted by atomic mass is 10.3. The Labute approximate surface area is 111 Å². The van der Waals surface area contributed by atoms with Gasteiger partial charge in [-0.15, -0.1) is 0 Å². The second-order valence-electron chi connectivity index (χ2n) is 4.09. The minimum Gasteiger partial charge on any atom is -0.479 e. The fourth-order valence-corrected chi connectivity index (χ4v) is 2.38. The van der Waals surface area contributed by atoms with E-state index in [4.69, 9.17) is 4.74 Å². The number of anilines is 2. The van der Waals surface area contributed by atoms with E-state index in [1.165, 1.54) is 5.56 Å². The predicted octanol–water partition coefficient (Wildman–Crippen LogP) is 2.83. The normalized spacial score (nSPS) is 10.2. The zero-order valence-corrected chi connectivity index (χ0v) is 11.6. The molecule has 0 bridgehead atoms. The van der Waals surface area contributed by atoms with Gasteiger partial charge in [0.15, 0.2) is 0 Å². The van der Waals surface area contributed by atoms with Crippen molar-refractivity contribution < 1.29 is 4.74 Å². The van der Waals surface area contributed by atoms with Crippen LogP contribution in [0.15, 0.2) is 29.1 Å². The standard InChI is InChI=1S/C13H17N3OS/c1-16(2)11-4-6-14-13(17-3)12(11)15-8-10-5-7-18-9-10/h4-7,9,15H,8H2,1-3H3. The molecule has 0 aromatic carbocycles. The number of ether oxygens (including phenoxy) is 1. The molecule has 2 aromatic rings. The van der Waals surface area contributed by atoms with E-state index < -0.39 is 0 Å². The number of pyridine rings is 1. The highest BCUT2D eigenvalue weighted by molar-refractivity contribution is 7.07. The highest BCUT2D eigenvalue weighted by atomic mass is 32.1. The summed E-state index contributed by atoms with van der Waals surface area (Å²) in [5, 5.41) is 7.60. The van der Waals surface area contributed by atoms with E-state index in [-0.39, 0.29) is 0 Å². The summed E-state index contributed by atoms with van der Waals surface area (Å²) in [6.45, 7) is 0.770. The van der Waals surface area contributed by atoms with Crippen LogP contribution in [0.2, 0.25) is 0 Å². The van der Waals surface area contributed by atoms with E-state index in [9.17, 15) is 0 Å². The molecule has 2 rings (SSSR count). The number of nitrogens with one attached hydrogen (secondary N) is 1. The maximum atomic E-state index is 5.31. The Morgan fingerprint density at radius 2 is 2.22 bits per heavy atom. The molecule has 0 amide bonds. The summed E-state index contributed by atoms with van der Waals surface area (Å²) >= 11 is 1.70. The van der Waals surface area contributed by atoms with Crippen LogP contribution in [0.4, 0.5) is 11.4 Å². The molecule has 5 heteroatoms. The summed E-state index contributed by atoms with van der Waals surface area (Å²) in [4.78, 5) is 6.27. The average molecular weight is 263 g/mol. The van der Waals surface area contributed by atoms with Gasteiger partial charge in [0.1, 0.15) is 5.69 Å². The summed E-state index contributed by atoms with van der Waals surface area (Å²) in [6, 6.07) is 4.08. The first-order valence-electron chi connectivity index (χ1n) is 5.67. The minimum absolute atomic E-state index is 0.622. The maximum Gasteiger partial charge on any atom is 0.239 e. The molecular weight excluding hydrogens is 246 g/mol. The van der Waals surface area contributed by atoms with Crippen molar-refractivity contribution in [2.45, 2.75) is 6.54 Å². The molecule has 0 spiro atoms. The van der Waals surface area contributed by atoms with Crippen molar-refractivity contribution in [3.63, 3.8) is 0 Å². The van der Waals surface area contributed by atoms with E-state index in [2.05, 4.69) is 27.1 Å². The lowest BCUT2D eigenvalue weighted by Gasteiger charge is -2.19. The van der Waals surface area contributed by atoms with Crippen LogP contribution in [0.3, 0.4) is 0 Å². The molecule has 2 aromatic heterocycles. The van der Waals surface area contributed by atoms with Crippen molar-refractivity contribution >= 4 is 22.7 Å². The third kappa shape index (κ3) is 2.73. The molecule has 1 N–H and O–H groups in total. The smallest absolute Gasteiger partial charge is 0.239 e. The molecule has 0 atom stereocenters. The summed E-state index contributed by atoms with van der Waals surface area (Å²) in [5.74, 6) is 0.622. The third-order valence-electron chi connectivity index (χ3n) is 2.62. The number of aromatic nitrogens is 1. The van der Waals surface area contributed by atoms with Gasteiger partial charge in [0.05, 0.1) is 12.8 Å². The van der Waals surface area contributed by atoms with Crippen molar-refractivity contribution in [2.24, 2.45) is 0 Å². The van der Waals surface area contributed by atoms with Crippen LogP contribution in [0.1, 0.15) is 5.56 Å². The van der Waals surface area contributed by atoms with E-state index in [1.807, 2.05) is 25.1 Å². The molecule has 0 radical (unpaired) electrons. The number of nitrogens with zero attached hydrogens (tertiary/aromatic N) is 2. The van der Waals surface area contributed by atoms with Crippen LogP contribution in [0.5, 0.6) is 5.88 Å². The Morgan fingerprint density at radius 1 is 1.39 bits per heavy atom. The van der Waals surface area contributed by atoms with Crippen LogP contribution in [-0.4, -0.2) is 26.2 Å². The maximum absolute atomic E-state index is 5.31. The zero-order chi connectivity index (χ0) is 13.0. The molecule has 0 fully saturated rings. The van der Waals surface area contributed by atoms with Crippen LogP contribution >= 0.6 is 11.3 Å². The van der Waals surface area contributed by atoms with Crippen LogP contribution in [-0.2, 0) is 6.54 Å². The first-order chi connectivity index (χ1) is 8.72. The van der Waals surface area contributed by atoms with Crippen molar-refractivity contribution in [1.82, 2.24) is 4.98 Å². The van der Waals surface area contributed by atoms with Gasteiger partial charge >= 0.3 is 0 Å². The topological polar surface area (TPSA) is 37.4 Å². The van der Waals surface area contributed by atoms with Gasteiger partial charge in [-0.3, -0.25) is 0 Å². The highest BCUT2D eigenvalue weighted by Crippen LogP contribution is 2.32. The number of rotatable bonds is 5. The van der Waals surface area contributed by atoms with Crippen LogP contribution < -0.4 is 15.0 Å². The minimum atomic E-state index is 0.622. The fraction of sp³-hybridized carbons (Fsp3) is 0.308. The molecule has 0 aliphatic rings. The zero-order valence-electron chi connectivity index (χ0n) is 10.8. The lowest BCUT2D eigenvalue weighted by Crippen LogP contribution is -2.13. The van der Waals surface area contributed by atoms with E-state index >= 15 is 0 Å². The van der Waals surface area contributed by atoms with E-state index in [1.54, 1.807) is 24.6 Å². The van der Waals surface area contributed by atoms with Crippen molar-refractivity contribution in [3.05, 3.63) is 34.7 Å². The summed E-state index contributed by atoms with van der Waals surface area (Å²) in [6.07, 6.45) is 1.75. The van der Waals surface area contributed by atoms with Crippen molar-refractivity contribution in [1.29, 1.82) is 0 Å². The summed E-state index contributed by atoms with van der Waals surface area (Å²) < 4.78 is 5.31. The number of hydrogen-bond donors (Lipinski definition) is 1. The van der Waals surface area contributed by atoms with Gasteiger partial charge in [0.25, 0.3) is 0 Å². The Balaban J connectivity index is 2.23. The molecule has 0 aliphatic heterocycles. The van der Waals surface area contributed by atoms with Gasteiger partial charge in [-0.05, 0) is 28.5 Å². The average Bonchev–Trinajstić information content (AvgIpc) is 2.88. The Morgan fingerprint density at radius 3 is 2.83 bits per heavy atom. The van der Waals surface area contributed by atoms with Gasteiger partial charge in [0.2, 0.25) is 5.88 Å². The molecule has 18 heavy (non-hydrogen) atoms. The molecular formula is C13H17N3OS. The summed E-state index contributed by atoms with van der Waals surface area (Å²) in [7, 11) is 5.65. The fourth-order valence-electron chi connectivity index (χ4n) is 1.71. The second-order valence-corrected chi connectivity index (χ2v) is 4.87. The van der Waals surface area contributed by atoms with Gasteiger partial charge in [-0.25, -0.2) is 4.98 Å². The molecule has 2 heterocycles. The van der Waals surface area contributed by atoms with Crippen LogP contribution in [0, 0.1) is 0 Å². The second kappa shape index (κ2) is 5.73. The Kier molecular flexibility index (Phi) is 4.04. The third-order valence-corrected chi connectivity index (χ3v) is 3.35. The van der Waals surface area contributed by atoms with E-state index in [0.29, 0.717) is 5.88 Å². The molecule has 0 unspecified atom stereocenters. The number of hydrogen-bond acceptors (Lipinski definition) is 5. The highest BCUT2D eigenvalue weighted by Gasteiger charge is 2.11. The molecule has 0 saturated heterocycles. The van der Waals surface area contributed by atoms with Crippen molar-refractivity contribution in [2.75, 3.05) is 31.4 Å². The number of thiophene rings is 1.